The van der Waals surface area contributed by atoms with Crippen molar-refractivity contribution in [2.24, 2.45) is 0 Å². The lowest BCUT2D eigenvalue weighted by Crippen LogP contribution is -2.30. The van der Waals surface area contributed by atoms with Gasteiger partial charge in [-0.05, 0) is 55.2 Å². The van der Waals surface area contributed by atoms with Gasteiger partial charge in [-0.25, -0.2) is 0 Å². The number of halogens is 1. The lowest BCUT2D eigenvalue weighted by atomic mass is 9.95. The number of anilines is 1. The summed E-state index contributed by atoms with van der Waals surface area (Å²) in [7, 11) is 0. The van der Waals surface area contributed by atoms with Crippen LogP contribution in [-0.4, -0.2) is 4.83 Å². The molecule has 1 heterocycles. The standard InChI is InChI=1S/C19H20BrN/c1-13-8-6-9-16-11-19(15(3)20)21(12-17(13)16)18-10-5-4-7-14(18)2/h4-11,15H,12H2,1-3H3. The molecule has 0 N–H and O–H groups in total. The van der Waals surface area contributed by atoms with Crippen LogP contribution in [0.15, 0.2) is 48.2 Å². The fourth-order valence-corrected chi connectivity index (χ4v) is 3.36. The second-order valence-corrected chi connectivity index (χ2v) is 7.07. The van der Waals surface area contributed by atoms with Crippen molar-refractivity contribution in [3.63, 3.8) is 0 Å². The summed E-state index contributed by atoms with van der Waals surface area (Å²) < 4.78 is 0. The first-order valence-corrected chi connectivity index (χ1v) is 8.27. The Labute approximate surface area is 135 Å². The highest BCUT2D eigenvalue weighted by Gasteiger charge is 2.23. The fourth-order valence-electron chi connectivity index (χ4n) is 2.98. The molecule has 0 radical (unpaired) electrons. The molecule has 0 aliphatic carbocycles. The highest BCUT2D eigenvalue weighted by Crippen LogP contribution is 2.35. The molecule has 0 amide bonds. The number of hydrogen-bond donors (Lipinski definition) is 0. The Kier molecular flexibility index (Phi) is 3.90. The van der Waals surface area contributed by atoms with E-state index in [-0.39, 0.29) is 0 Å². The number of aryl methyl sites for hydroxylation is 2. The summed E-state index contributed by atoms with van der Waals surface area (Å²) in [5, 5.41) is 0. The van der Waals surface area contributed by atoms with Crippen LogP contribution in [-0.2, 0) is 6.54 Å². The predicted molar refractivity (Wildman–Crippen MR) is 94.9 cm³/mol. The molecule has 1 aliphatic heterocycles. The van der Waals surface area contributed by atoms with Gasteiger partial charge in [0.1, 0.15) is 0 Å². The van der Waals surface area contributed by atoms with Crippen molar-refractivity contribution in [3.8, 4) is 0 Å². The van der Waals surface area contributed by atoms with Gasteiger partial charge in [0.15, 0.2) is 0 Å². The fraction of sp³-hybridized carbons (Fsp3) is 0.263. The van der Waals surface area contributed by atoms with Crippen molar-refractivity contribution < 1.29 is 0 Å². The largest absolute Gasteiger partial charge is 0.339 e. The van der Waals surface area contributed by atoms with E-state index in [0.29, 0.717) is 4.83 Å². The first kappa shape index (κ1) is 14.4. The molecule has 0 saturated heterocycles. The summed E-state index contributed by atoms with van der Waals surface area (Å²) in [5.41, 5.74) is 8.07. The van der Waals surface area contributed by atoms with Crippen LogP contribution in [0.2, 0.25) is 0 Å². The number of fused-ring (bicyclic) bond motifs is 1. The van der Waals surface area contributed by atoms with Crippen molar-refractivity contribution >= 4 is 27.7 Å². The molecule has 1 nitrogen and oxygen atoms in total. The smallest absolute Gasteiger partial charge is 0.0520 e. The number of alkyl halides is 1. The van der Waals surface area contributed by atoms with Crippen LogP contribution < -0.4 is 4.90 Å². The molecule has 0 aromatic heterocycles. The Hall–Kier alpha value is -1.54. The Bertz CT molecular complexity index is 700. The molecule has 1 aliphatic rings. The predicted octanol–water partition coefficient (Wildman–Crippen LogP) is 5.45. The Morgan fingerprint density at radius 2 is 1.71 bits per heavy atom. The monoisotopic (exact) mass is 341 g/mol. The van der Waals surface area contributed by atoms with Gasteiger partial charge in [-0.2, -0.15) is 0 Å². The number of hydrogen-bond acceptors (Lipinski definition) is 1. The maximum absolute atomic E-state index is 3.76. The van der Waals surface area contributed by atoms with Gasteiger partial charge in [-0.1, -0.05) is 52.3 Å². The molecule has 1 atom stereocenters. The van der Waals surface area contributed by atoms with E-state index in [1.807, 2.05) is 0 Å². The third-order valence-electron chi connectivity index (χ3n) is 4.19. The van der Waals surface area contributed by atoms with E-state index in [2.05, 4.69) is 90.1 Å². The number of nitrogens with zero attached hydrogens (tertiary/aromatic N) is 1. The van der Waals surface area contributed by atoms with Crippen molar-refractivity contribution in [2.75, 3.05) is 4.90 Å². The van der Waals surface area contributed by atoms with E-state index in [0.717, 1.165) is 6.54 Å². The molecule has 2 heteroatoms. The van der Waals surface area contributed by atoms with Gasteiger partial charge in [0.2, 0.25) is 0 Å². The number of rotatable bonds is 2. The van der Waals surface area contributed by atoms with Crippen molar-refractivity contribution in [1.82, 2.24) is 0 Å². The van der Waals surface area contributed by atoms with Crippen LogP contribution in [0.3, 0.4) is 0 Å². The van der Waals surface area contributed by atoms with Gasteiger partial charge in [-0.15, -0.1) is 0 Å². The number of benzene rings is 2. The van der Waals surface area contributed by atoms with Crippen LogP contribution >= 0.6 is 15.9 Å². The van der Waals surface area contributed by atoms with Crippen LogP contribution in [0.1, 0.15) is 29.2 Å². The van der Waals surface area contributed by atoms with Gasteiger partial charge in [0, 0.05) is 17.9 Å². The molecule has 108 valence electrons. The second-order valence-electron chi connectivity index (χ2n) is 5.70. The molecule has 0 bridgehead atoms. The Morgan fingerprint density at radius 3 is 2.43 bits per heavy atom. The first-order chi connectivity index (χ1) is 10.1. The SMILES string of the molecule is Cc1ccccc1N1Cc2c(C)cccc2C=C1C(C)Br. The van der Waals surface area contributed by atoms with Gasteiger partial charge in [-0.3, -0.25) is 0 Å². The average molecular weight is 342 g/mol. The third kappa shape index (κ3) is 2.65. The van der Waals surface area contributed by atoms with E-state index in [1.165, 1.54) is 33.6 Å². The molecule has 3 rings (SSSR count). The normalized spacial score (nSPS) is 15.4. The molecule has 21 heavy (non-hydrogen) atoms. The summed E-state index contributed by atoms with van der Waals surface area (Å²) in [6, 6.07) is 15.2. The zero-order valence-electron chi connectivity index (χ0n) is 12.7. The van der Waals surface area contributed by atoms with E-state index in [9.17, 15) is 0 Å². The zero-order valence-corrected chi connectivity index (χ0v) is 14.3. The summed E-state index contributed by atoms with van der Waals surface area (Å²) in [6.07, 6.45) is 2.32. The molecule has 0 saturated carbocycles. The molecular weight excluding hydrogens is 322 g/mol. The molecule has 1 unspecified atom stereocenters. The summed E-state index contributed by atoms with van der Waals surface area (Å²) >= 11 is 3.76. The molecular formula is C19H20BrN. The second kappa shape index (κ2) is 5.69. The van der Waals surface area contributed by atoms with Crippen molar-refractivity contribution in [2.45, 2.75) is 32.1 Å². The molecule has 0 fully saturated rings. The molecule has 2 aromatic carbocycles. The first-order valence-electron chi connectivity index (χ1n) is 7.35. The summed E-state index contributed by atoms with van der Waals surface area (Å²) in [6.45, 7) is 7.51. The Morgan fingerprint density at radius 1 is 1.00 bits per heavy atom. The Balaban J connectivity index is 2.14. The van der Waals surface area contributed by atoms with Crippen LogP contribution in [0.5, 0.6) is 0 Å². The van der Waals surface area contributed by atoms with Gasteiger partial charge < -0.3 is 4.90 Å². The highest BCUT2D eigenvalue weighted by molar-refractivity contribution is 9.09. The van der Waals surface area contributed by atoms with E-state index >= 15 is 0 Å². The maximum atomic E-state index is 3.76. The number of allylic oxidation sites excluding steroid dienone is 1. The van der Waals surface area contributed by atoms with Crippen LogP contribution in [0.4, 0.5) is 5.69 Å². The molecule has 0 spiro atoms. The van der Waals surface area contributed by atoms with Gasteiger partial charge >= 0.3 is 0 Å². The third-order valence-corrected chi connectivity index (χ3v) is 4.66. The summed E-state index contributed by atoms with van der Waals surface area (Å²) in [5.74, 6) is 0. The van der Waals surface area contributed by atoms with E-state index in [1.54, 1.807) is 0 Å². The van der Waals surface area contributed by atoms with Crippen LogP contribution in [0, 0.1) is 13.8 Å². The van der Waals surface area contributed by atoms with E-state index < -0.39 is 0 Å². The minimum atomic E-state index is 0.325. The quantitative estimate of drug-likeness (QED) is 0.656. The highest BCUT2D eigenvalue weighted by atomic mass is 79.9. The van der Waals surface area contributed by atoms with E-state index in [4.69, 9.17) is 0 Å². The molecule has 2 aromatic rings. The van der Waals surface area contributed by atoms with Gasteiger partial charge in [0.05, 0.1) is 4.83 Å². The maximum Gasteiger partial charge on any atom is 0.0520 e. The van der Waals surface area contributed by atoms with Crippen LogP contribution in [0.25, 0.3) is 6.08 Å². The number of para-hydroxylation sites is 1. The zero-order chi connectivity index (χ0) is 15.0. The minimum absolute atomic E-state index is 0.325. The topological polar surface area (TPSA) is 3.24 Å². The summed E-state index contributed by atoms with van der Waals surface area (Å²) in [4.78, 5) is 2.76. The van der Waals surface area contributed by atoms with Gasteiger partial charge in [0.25, 0.3) is 0 Å². The average Bonchev–Trinajstić information content (AvgIpc) is 2.47. The lowest BCUT2D eigenvalue weighted by molar-refractivity contribution is 0.856. The van der Waals surface area contributed by atoms with Crippen molar-refractivity contribution in [1.29, 1.82) is 0 Å². The van der Waals surface area contributed by atoms with Crippen molar-refractivity contribution in [3.05, 3.63) is 70.4 Å². The minimum Gasteiger partial charge on any atom is -0.339 e. The lowest BCUT2D eigenvalue weighted by Gasteiger charge is -2.35.